The first-order valence-electron chi connectivity index (χ1n) is 7.05. The molecule has 1 unspecified atom stereocenters. The summed E-state index contributed by atoms with van der Waals surface area (Å²) < 4.78 is 11.9. The lowest BCUT2D eigenvalue weighted by Crippen LogP contribution is -2.20. The van der Waals surface area contributed by atoms with E-state index in [2.05, 4.69) is 51.3 Å². The molecule has 1 atom stereocenters. The molecular formula is C15H20BrN3O2. The third kappa shape index (κ3) is 4.54. The number of benzene rings is 1. The maximum atomic E-state index is 5.84. The van der Waals surface area contributed by atoms with Crippen molar-refractivity contribution >= 4 is 15.9 Å². The normalized spacial score (nSPS) is 12.4. The van der Waals surface area contributed by atoms with Crippen LogP contribution in [0.15, 0.2) is 27.2 Å². The van der Waals surface area contributed by atoms with Crippen LogP contribution in [0.25, 0.3) is 0 Å². The average molecular weight is 354 g/mol. The third-order valence-corrected chi connectivity index (χ3v) is 3.55. The van der Waals surface area contributed by atoms with E-state index >= 15 is 0 Å². The fourth-order valence-electron chi connectivity index (χ4n) is 2.00. The lowest BCUT2D eigenvalue weighted by molar-refractivity contribution is 0.239. The molecule has 1 aromatic heterocycles. The minimum atomic E-state index is 0.210. The molecule has 0 radical (unpaired) electrons. The van der Waals surface area contributed by atoms with Crippen LogP contribution in [-0.4, -0.2) is 16.7 Å². The van der Waals surface area contributed by atoms with Crippen LogP contribution in [0.4, 0.5) is 0 Å². The maximum absolute atomic E-state index is 5.84. The molecule has 6 heteroatoms. The van der Waals surface area contributed by atoms with E-state index in [0.717, 1.165) is 28.8 Å². The minimum absolute atomic E-state index is 0.210. The second kappa shape index (κ2) is 7.56. The van der Waals surface area contributed by atoms with Crippen LogP contribution in [0, 0.1) is 6.92 Å². The number of hydrogen-bond donors (Lipinski definition) is 1. The van der Waals surface area contributed by atoms with Crippen molar-refractivity contribution in [1.29, 1.82) is 0 Å². The van der Waals surface area contributed by atoms with Gasteiger partial charge in [0.25, 0.3) is 5.89 Å². The molecule has 0 amide bonds. The summed E-state index contributed by atoms with van der Waals surface area (Å²) in [6.45, 7) is 7.30. The van der Waals surface area contributed by atoms with Crippen molar-refractivity contribution in [1.82, 2.24) is 15.5 Å². The number of hydrogen-bond acceptors (Lipinski definition) is 5. The first-order chi connectivity index (χ1) is 10.1. The molecule has 21 heavy (non-hydrogen) atoms. The molecule has 0 aliphatic heterocycles. The molecule has 0 aliphatic rings. The zero-order valence-electron chi connectivity index (χ0n) is 12.5. The zero-order valence-corrected chi connectivity index (χ0v) is 14.1. The van der Waals surface area contributed by atoms with Gasteiger partial charge in [-0.1, -0.05) is 28.0 Å². The second-order valence-corrected chi connectivity index (χ2v) is 5.80. The first-order valence-corrected chi connectivity index (χ1v) is 7.84. The minimum Gasteiger partial charge on any atom is -0.483 e. The van der Waals surface area contributed by atoms with E-state index in [-0.39, 0.29) is 12.6 Å². The van der Waals surface area contributed by atoms with Crippen LogP contribution < -0.4 is 10.1 Å². The highest BCUT2D eigenvalue weighted by atomic mass is 79.9. The number of nitrogens with zero attached hydrogens (tertiary/aromatic N) is 2. The third-order valence-electron chi connectivity index (χ3n) is 3.06. The summed E-state index contributed by atoms with van der Waals surface area (Å²) in [5.41, 5.74) is 1.11. The van der Waals surface area contributed by atoms with Gasteiger partial charge in [-0.2, -0.15) is 4.98 Å². The number of halogens is 1. The van der Waals surface area contributed by atoms with Gasteiger partial charge in [-0.05, 0) is 45.0 Å². The Kier molecular flexibility index (Phi) is 5.76. The molecule has 0 fully saturated rings. The molecule has 0 saturated carbocycles. The van der Waals surface area contributed by atoms with Crippen molar-refractivity contribution in [2.45, 2.75) is 39.8 Å². The number of nitrogens with one attached hydrogen (secondary N) is 1. The Morgan fingerprint density at radius 3 is 2.90 bits per heavy atom. The first kappa shape index (κ1) is 16.0. The monoisotopic (exact) mass is 353 g/mol. The lowest BCUT2D eigenvalue weighted by atomic mass is 10.1. The largest absolute Gasteiger partial charge is 0.483 e. The topological polar surface area (TPSA) is 60.2 Å². The van der Waals surface area contributed by atoms with Crippen LogP contribution in [0.3, 0.4) is 0 Å². The summed E-state index contributed by atoms with van der Waals surface area (Å²) in [5, 5.41) is 7.22. The van der Waals surface area contributed by atoms with Gasteiger partial charge in [0.1, 0.15) is 5.75 Å². The van der Waals surface area contributed by atoms with Crippen molar-refractivity contribution in [2.24, 2.45) is 0 Å². The predicted molar refractivity (Wildman–Crippen MR) is 84.2 cm³/mol. The summed E-state index contributed by atoms with van der Waals surface area (Å²) in [6.07, 6.45) is 1.09. The van der Waals surface area contributed by atoms with Gasteiger partial charge in [0.2, 0.25) is 0 Å². The molecule has 2 rings (SSSR count). The highest BCUT2D eigenvalue weighted by molar-refractivity contribution is 9.10. The van der Waals surface area contributed by atoms with Gasteiger partial charge >= 0.3 is 0 Å². The van der Waals surface area contributed by atoms with Gasteiger partial charge in [-0.3, -0.25) is 0 Å². The molecule has 1 N–H and O–H groups in total. The summed E-state index contributed by atoms with van der Waals surface area (Å²) in [7, 11) is 0. The van der Waals surface area contributed by atoms with E-state index in [1.165, 1.54) is 0 Å². The maximum Gasteiger partial charge on any atom is 0.264 e. The quantitative estimate of drug-likeness (QED) is 0.820. The molecule has 0 aliphatic carbocycles. The summed E-state index contributed by atoms with van der Waals surface area (Å²) in [4.78, 5) is 4.14. The van der Waals surface area contributed by atoms with Gasteiger partial charge in [-0.15, -0.1) is 0 Å². The highest BCUT2D eigenvalue weighted by Gasteiger charge is 2.13. The molecular weight excluding hydrogens is 334 g/mol. The van der Waals surface area contributed by atoms with E-state index in [4.69, 9.17) is 9.26 Å². The van der Waals surface area contributed by atoms with E-state index < -0.39 is 0 Å². The molecule has 0 bridgehead atoms. The number of ether oxygens (including phenoxy) is 1. The van der Waals surface area contributed by atoms with E-state index in [0.29, 0.717) is 11.7 Å². The van der Waals surface area contributed by atoms with Gasteiger partial charge < -0.3 is 14.6 Å². The van der Waals surface area contributed by atoms with Crippen molar-refractivity contribution in [2.75, 3.05) is 6.54 Å². The van der Waals surface area contributed by atoms with E-state index in [9.17, 15) is 0 Å². The SMILES string of the molecule is CCCNC(C)c1cc(Br)ccc1OCc1nc(C)no1. The number of aromatic nitrogens is 2. The Morgan fingerprint density at radius 1 is 1.43 bits per heavy atom. The van der Waals surface area contributed by atoms with E-state index in [1.807, 2.05) is 12.1 Å². The standard InChI is InChI=1S/C15H20BrN3O2/c1-4-7-17-10(2)13-8-12(16)5-6-14(13)20-9-15-18-11(3)19-21-15/h5-6,8,10,17H,4,7,9H2,1-3H3. The fourth-order valence-corrected chi connectivity index (χ4v) is 2.38. The second-order valence-electron chi connectivity index (χ2n) is 4.88. The molecule has 1 aromatic carbocycles. The molecule has 0 spiro atoms. The van der Waals surface area contributed by atoms with Crippen LogP contribution in [0.2, 0.25) is 0 Å². The fraction of sp³-hybridized carbons (Fsp3) is 0.467. The lowest BCUT2D eigenvalue weighted by Gasteiger charge is -2.18. The van der Waals surface area contributed by atoms with Gasteiger partial charge in [0, 0.05) is 16.1 Å². The average Bonchev–Trinajstić information content (AvgIpc) is 2.89. The van der Waals surface area contributed by atoms with E-state index in [1.54, 1.807) is 6.92 Å². The Hall–Kier alpha value is -1.40. The van der Waals surface area contributed by atoms with Crippen molar-refractivity contribution < 1.29 is 9.26 Å². The number of aryl methyl sites for hydroxylation is 1. The Balaban J connectivity index is 2.10. The van der Waals surface area contributed by atoms with Crippen LogP contribution in [-0.2, 0) is 6.61 Å². The molecule has 114 valence electrons. The highest BCUT2D eigenvalue weighted by Crippen LogP contribution is 2.29. The van der Waals surface area contributed by atoms with Crippen LogP contribution in [0.1, 0.15) is 43.6 Å². The number of rotatable bonds is 7. The van der Waals surface area contributed by atoms with Crippen molar-refractivity contribution in [3.63, 3.8) is 0 Å². The van der Waals surface area contributed by atoms with Gasteiger partial charge in [-0.25, -0.2) is 0 Å². The van der Waals surface area contributed by atoms with Crippen molar-refractivity contribution in [3.05, 3.63) is 40.0 Å². The van der Waals surface area contributed by atoms with Gasteiger partial charge in [0.15, 0.2) is 12.4 Å². The van der Waals surface area contributed by atoms with Gasteiger partial charge in [0.05, 0.1) is 0 Å². The zero-order chi connectivity index (χ0) is 15.2. The molecule has 5 nitrogen and oxygen atoms in total. The molecule has 1 heterocycles. The molecule has 0 saturated heterocycles. The summed E-state index contributed by atoms with van der Waals surface area (Å²) >= 11 is 3.51. The summed E-state index contributed by atoms with van der Waals surface area (Å²) in [6, 6.07) is 6.20. The van der Waals surface area contributed by atoms with Crippen LogP contribution in [0.5, 0.6) is 5.75 Å². The Morgan fingerprint density at radius 2 is 2.24 bits per heavy atom. The smallest absolute Gasteiger partial charge is 0.264 e. The van der Waals surface area contributed by atoms with Crippen molar-refractivity contribution in [3.8, 4) is 5.75 Å². The predicted octanol–water partition coefficient (Wildman–Crippen LogP) is 3.78. The Bertz CT molecular complexity index is 586. The molecule has 2 aromatic rings. The van der Waals surface area contributed by atoms with Crippen LogP contribution >= 0.6 is 15.9 Å². The Labute approximate surface area is 133 Å². The summed E-state index contributed by atoms with van der Waals surface area (Å²) in [5.74, 6) is 1.92.